The molecule has 0 atom stereocenters. The van der Waals surface area contributed by atoms with E-state index in [4.69, 9.17) is 10.8 Å². The fourth-order valence-electron chi connectivity index (χ4n) is 1.29. The van der Waals surface area contributed by atoms with E-state index in [0.717, 1.165) is 0 Å². The van der Waals surface area contributed by atoms with Crippen LogP contribution in [0.3, 0.4) is 0 Å². The second kappa shape index (κ2) is 3.90. The molecule has 82 valence electrons. The van der Waals surface area contributed by atoms with E-state index < -0.39 is 11.8 Å². The van der Waals surface area contributed by atoms with E-state index in [2.05, 4.69) is 4.98 Å². The first-order chi connectivity index (χ1) is 7.59. The van der Waals surface area contributed by atoms with Crippen molar-refractivity contribution in [2.75, 3.05) is 5.73 Å². The van der Waals surface area contributed by atoms with Crippen molar-refractivity contribution in [1.29, 1.82) is 0 Å². The Labute approximate surface area is 94.2 Å². The van der Waals surface area contributed by atoms with Crippen LogP contribution in [-0.4, -0.2) is 16.1 Å². The number of carbonyl (C=O) groups is 1. The summed E-state index contributed by atoms with van der Waals surface area (Å²) in [7, 11) is 0. The maximum absolute atomic E-state index is 12.9. The third-order valence-electron chi connectivity index (χ3n) is 2.03. The van der Waals surface area contributed by atoms with Gasteiger partial charge in [0.2, 0.25) is 0 Å². The van der Waals surface area contributed by atoms with E-state index >= 15 is 0 Å². The highest BCUT2D eigenvalue weighted by atomic mass is 32.1. The largest absolute Gasteiger partial charge is 0.476 e. The number of nitrogens with zero attached hydrogens (tertiary/aromatic N) is 1. The van der Waals surface area contributed by atoms with E-state index in [1.807, 2.05) is 0 Å². The summed E-state index contributed by atoms with van der Waals surface area (Å²) in [6.45, 7) is 0. The minimum absolute atomic E-state index is 0.0118. The molecular formula is C10H7FN2O2S. The Kier molecular flexibility index (Phi) is 2.57. The Morgan fingerprint density at radius 1 is 1.50 bits per heavy atom. The summed E-state index contributed by atoms with van der Waals surface area (Å²) < 4.78 is 12.9. The molecule has 16 heavy (non-hydrogen) atoms. The standard InChI is InChI=1S/C10H7FN2O2S/c11-6-2-1-5(3-7(6)12)9-8(10(14)15)13-4-16-9/h1-4H,12H2,(H,14,15). The number of benzene rings is 1. The highest BCUT2D eigenvalue weighted by Crippen LogP contribution is 2.29. The first kappa shape index (κ1) is 10.6. The van der Waals surface area contributed by atoms with E-state index in [-0.39, 0.29) is 11.4 Å². The lowest BCUT2D eigenvalue weighted by Gasteiger charge is -2.01. The molecule has 0 aliphatic carbocycles. The summed E-state index contributed by atoms with van der Waals surface area (Å²) in [5.41, 5.74) is 7.34. The minimum atomic E-state index is -1.11. The molecule has 2 rings (SSSR count). The first-order valence-electron chi connectivity index (χ1n) is 4.32. The van der Waals surface area contributed by atoms with Crippen LogP contribution in [0, 0.1) is 5.82 Å². The zero-order valence-corrected chi connectivity index (χ0v) is 8.79. The monoisotopic (exact) mass is 238 g/mol. The SMILES string of the molecule is Nc1cc(-c2scnc2C(=O)O)ccc1F. The van der Waals surface area contributed by atoms with Gasteiger partial charge in [0.05, 0.1) is 16.1 Å². The van der Waals surface area contributed by atoms with Crippen molar-refractivity contribution < 1.29 is 14.3 Å². The predicted molar refractivity (Wildman–Crippen MR) is 58.9 cm³/mol. The molecule has 0 unspecified atom stereocenters. The van der Waals surface area contributed by atoms with Crippen molar-refractivity contribution in [3.05, 3.63) is 35.2 Å². The Balaban J connectivity index is 2.54. The molecule has 0 aliphatic rings. The summed E-state index contributed by atoms with van der Waals surface area (Å²) >= 11 is 1.18. The summed E-state index contributed by atoms with van der Waals surface area (Å²) in [6, 6.07) is 4.08. The molecule has 2 aromatic rings. The Bertz CT molecular complexity index is 554. The van der Waals surface area contributed by atoms with Crippen LogP contribution < -0.4 is 5.73 Å². The van der Waals surface area contributed by atoms with Gasteiger partial charge in [-0.25, -0.2) is 14.2 Å². The fraction of sp³-hybridized carbons (Fsp3) is 0. The quantitative estimate of drug-likeness (QED) is 0.786. The number of aromatic carboxylic acids is 1. The average Bonchev–Trinajstić information content (AvgIpc) is 2.71. The van der Waals surface area contributed by atoms with Gasteiger partial charge in [0.25, 0.3) is 0 Å². The van der Waals surface area contributed by atoms with E-state index in [1.165, 1.54) is 35.0 Å². The van der Waals surface area contributed by atoms with Gasteiger partial charge < -0.3 is 10.8 Å². The number of thiazole rings is 1. The Hall–Kier alpha value is -1.95. The Morgan fingerprint density at radius 3 is 2.88 bits per heavy atom. The second-order valence-electron chi connectivity index (χ2n) is 3.07. The van der Waals surface area contributed by atoms with Crippen LogP contribution >= 0.6 is 11.3 Å². The molecule has 1 heterocycles. The molecular weight excluding hydrogens is 231 g/mol. The lowest BCUT2D eigenvalue weighted by atomic mass is 10.1. The number of halogens is 1. The van der Waals surface area contributed by atoms with Gasteiger partial charge in [-0.1, -0.05) is 6.07 Å². The molecule has 0 amide bonds. The van der Waals surface area contributed by atoms with Crippen molar-refractivity contribution in [3.8, 4) is 10.4 Å². The third kappa shape index (κ3) is 1.74. The number of carboxylic acids is 1. The number of carboxylic acid groups (broad SMARTS) is 1. The molecule has 1 aromatic heterocycles. The Morgan fingerprint density at radius 2 is 2.25 bits per heavy atom. The molecule has 0 radical (unpaired) electrons. The highest BCUT2D eigenvalue weighted by Gasteiger charge is 2.15. The number of rotatable bonds is 2. The zero-order chi connectivity index (χ0) is 11.7. The lowest BCUT2D eigenvalue weighted by molar-refractivity contribution is 0.0692. The summed E-state index contributed by atoms with van der Waals surface area (Å²) in [4.78, 5) is 15.0. The summed E-state index contributed by atoms with van der Waals surface area (Å²) in [5, 5.41) is 8.88. The second-order valence-corrected chi connectivity index (χ2v) is 3.93. The number of aromatic nitrogens is 1. The molecule has 0 spiro atoms. The summed E-state index contributed by atoms with van der Waals surface area (Å²) in [6.07, 6.45) is 0. The molecule has 0 bridgehead atoms. The van der Waals surface area contributed by atoms with Crippen molar-refractivity contribution in [1.82, 2.24) is 4.98 Å². The number of nitrogens with two attached hydrogens (primary N) is 1. The molecule has 0 fully saturated rings. The van der Waals surface area contributed by atoms with Gasteiger partial charge in [-0.2, -0.15) is 0 Å². The van der Waals surface area contributed by atoms with Crippen LogP contribution in [0.25, 0.3) is 10.4 Å². The maximum atomic E-state index is 12.9. The van der Waals surface area contributed by atoms with Crippen LogP contribution in [0.15, 0.2) is 23.7 Å². The number of hydrogen-bond acceptors (Lipinski definition) is 4. The van der Waals surface area contributed by atoms with Gasteiger partial charge in [-0.15, -0.1) is 11.3 Å². The van der Waals surface area contributed by atoms with Crippen LogP contribution in [0.2, 0.25) is 0 Å². The van der Waals surface area contributed by atoms with Crippen molar-refractivity contribution in [3.63, 3.8) is 0 Å². The van der Waals surface area contributed by atoms with Gasteiger partial charge in [0.1, 0.15) is 5.82 Å². The first-order valence-corrected chi connectivity index (χ1v) is 5.19. The van der Waals surface area contributed by atoms with Crippen LogP contribution in [-0.2, 0) is 0 Å². The fourth-order valence-corrected chi connectivity index (χ4v) is 2.07. The van der Waals surface area contributed by atoms with E-state index in [9.17, 15) is 9.18 Å². The van der Waals surface area contributed by atoms with E-state index in [0.29, 0.717) is 10.4 Å². The molecule has 0 aliphatic heterocycles. The van der Waals surface area contributed by atoms with Crippen LogP contribution in [0.4, 0.5) is 10.1 Å². The van der Waals surface area contributed by atoms with Gasteiger partial charge in [-0.3, -0.25) is 0 Å². The van der Waals surface area contributed by atoms with Gasteiger partial charge >= 0.3 is 5.97 Å². The molecule has 0 saturated carbocycles. The molecule has 3 N–H and O–H groups in total. The highest BCUT2D eigenvalue weighted by molar-refractivity contribution is 7.13. The average molecular weight is 238 g/mol. The number of anilines is 1. The van der Waals surface area contributed by atoms with Crippen molar-refractivity contribution in [2.45, 2.75) is 0 Å². The summed E-state index contributed by atoms with van der Waals surface area (Å²) in [5.74, 6) is -1.63. The number of nitrogen functional groups attached to an aromatic ring is 1. The molecule has 6 heteroatoms. The molecule has 4 nitrogen and oxygen atoms in total. The van der Waals surface area contributed by atoms with Gasteiger partial charge in [0.15, 0.2) is 5.69 Å². The number of hydrogen-bond donors (Lipinski definition) is 2. The van der Waals surface area contributed by atoms with Crippen LogP contribution in [0.1, 0.15) is 10.5 Å². The molecule has 1 aromatic carbocycles. The van der Waals surface area contributed by atoms with Gasteiger partial charge in [-0.05, 0) is 17.7 Å². The van der Waals surface area contributed by atoms with Crippen molar-refractivity contribution in [2.24, 2.45) is 0 Å². The normalized spacial score (nSPS) is 10.3. The van der Waals surface area contributed by atoms with Gasteiger partial charge in [0, 0.05) is 0 Å². The topological polar surface area (TPSA) is 76.2 Å². The predicted octanol–water partition coefficient (Wildman–Crippen LogP) is 2.23. The smallest absolute Gasteiger partial charge is 0.356 e. The van der Waals surface area contributed by atoms with Crippen LogP contribution in [0.5, 0.6) is 0 Å². The minimum Gasteiger partial charge on any atom is -0.476 e. The zero-order valence-electron chi connectivity index (χ0n) is 7.98. The van der Waals surface area contributed by atoms with Crippen molar-refractivity contribution >= 4 is 23.0 Å². The lowest BCUT2D eigenvalue weighted by Crippen LogP contribution is -1.99. The maximum Gasteiger partial charge on any atom is 0.356 e. The third-order valence-corrected chi connectivity index (χ3v) is 2.90. The van der Waals surface area contributed by atoms with E-state index in [1.54, 1.807) is 0 Å². The molecule has 0 saturated heterocycles.